The fourth-order valence-electron chi connectivity index (χ4n) is 2.26. The van der Waals surface area contributed by atoms with Gasteiger partial charge in [0.2, 0.25) is 0 Å². The highest BCUT2D eigenvalue weighted by atomic mass is 16.5. The van der Waals surface area contributed by atoms with Crippen molar-refractivity contribution in [2.24, 2.45) is 0 Å². The third kappa shape index (κ3) is 2.79. The molecule has 0 aliphatic carbocycles. The molecule has 5 nitrogen and oxygen atoms in total. The Morgan fingerprint density at radius 2 is 2.44 bits per heavy atom. The number of piperidine rings is 1. The Morgan fingerprint density at radius 1 is 1.61 bits per heavy atom. The number of nitrogens with zero attached hydrogens (tertiary/aromatic N) is 2. The quantitative estimate of drug-likeness (QED) is 0.812. The van der Waals surface area contributed by atoms with E-state index in [0.717, 1.165) is 25.3 Å². The van der Waals surface area contributed by atoms with E-state index in [1.54, 1.807) is 18.3 Å². The molecule has 98 valence electrons. The van der Waals surface area contributed by atoms with E-state index in [9.17, 15) is 4.79 Å². The van der Waals surface area contributed by atoms with E-state index in [-0.39, 0.29) is 5.97 Å². The number of methoxy groups -OCH3 is 1. The van der Waals surface area contributed by atoms with Crippen LogP contribution in [0.3, 0.4) is 0 Å². The zero-order valence-corrected chi connectivity index (χ0v) is 10.8. The van der Waals surface area contributed by atoms with Gasteiger partial charge >= 0.3 is 5.97 Å². The first-order valence-electron chi connectivity index (χ1n) is 6.21. The lowest BCUT2D eigenvalue weighted by atomic mass is 10.1. The summed E-state index contributed by atoms with van der Waals surface area (Å²) in [5.41, 5.74) is 0.550. The minimum atomic E-state index is -0.319. The van der Waals surface area contributed by atoms with Gasteiger partial charge in [0.1, 0.15) is 5.82 Å². The zero-order valence-electron chi connectivity index (χ0n) is 10.8. The molecule has 0 spiro atoms. The van der Waals surface area contributed by atoms with Crippen LogP contribution < -0.4 is 10.2 Å². The highest BCUT2D eigenvalue weighted by Crippen LogP contribution is 2.18. The fourth-order valence-corrected chi connectivity index (χ4v) is 2.26. The standard InChI is InChI=1S/C13H19N3O2/c1-14-11-4-3-7-16(9-11)12-8-10(5-6-15-12)13(17)18-2/h5-6,8,11,14H,3-4,7,9H2,1-2H3. The van der Waals surface area contributed by atoms with Crippen LogP contribution in [0.15, 0.2) is 18.3 Å². The van der Waals surface area contributed by atoms with Gasteiger partial charge in [-0.05, 0) is 32.0 Å². The van der Waals surface area contributed by atoms with Gasteiger partial charge in [-0.2, -0.15) is 0 Å². The largest absolute Gasteiger partial charge is 0.465 e. The molecular weight excluding hydrogens is 230 g/mol. The minimum absolute atomic E-state index is 0.319. The Labute approximate surface area is 107 Å². The number of hydrogen-bond donors (Lipinski definition) is 1. The summed E-state index contributed by atoms with van der Waals surface area (Å²) in [4.78, 5) is 18.0. The van der Waals surface area contributed by atoms with Crippen LogP contribution in [0.4, 0.5) is 5.82 Å². The average molecular weight is 249 g/mol. The Balaban J connectivity index is 2.15. The van der Waals surface area contributed by atoms with Crippen molar-refractivity contribution < 1.29 is 9.53 Å². The van der Waals surface area contributed by atoms with Crippen molar-refractivity contribution in [3.8, 4) is 0 Å². The van der Waals surface area contributed by atoms with E-state index >= 15 is 0 Å². The molecule has 18 heavy (non-hydrogen) atoms. The van der Waals surface area contributed by atoms with E-state index in [2.05, 4.69) is 15.2 Å². The normalized spacial score (nSPS) is 19.7. The molecule has 2 rings (SSSR count). The second-order valence-corrected chi connectivity index (χ2v) is 4.47. The first-order valence-corrected chi connectivity index (χ1v) is 6.21. The first-order chi connectivity index (χ1) is 8.74. The molecule has 5 heteroatoms. The lowest BCUT2D eigenvalue weighted by molar-refractivity contribution is 0.0600. The maximum absolute atomic E-state index is 11.5. The molecule has 1 aliphatic rings. The van der Waals surface area contributed by atoms with E-state index in [4.69, 9.17) is 4.74 Å². The monoisotopic (exact) mass is 249 g/mol. The molecule has 0 radical (unpaired) electrons. The lowest BCUT2D eigenvalue weighted by Crippen LogP contribution is -2.44. The van der Waals surface area contributed by atoms with Gasteiger partial charge in [0.15, 0.2) is 0 Å². The lowest BCUT2D eigenvalue weighted by Gasteiger charge is -2.33. The van der Waals surface area contributed by atoms with Crippen LogP contribution in [-0.2, 0) is 4.74 Å². The van der Waals surface area contributed by atoms with Crippen molar-refractivity contribution in [2.45, 2.75) is 18.9 Å². The average Bonchev–Trinajstić information content (AvgIpc) is 2.46. The van der Waals surface area contributed by atoms with E-state index in [1.165, 1.54) is 13.5 Å². The van der Waals surface area contributed by atoms with Crippen LogP contribution >= 0.6 is 0 Å². The number of carbonyl (C=O) groups is 1. The number of ether oxygens (including phenoxy) is 1. The summed E-state index contributed by atoms with van der Waals surface area (Å²) < 4.78 is 4.72. The van der Waals surface area contributed by atoms with Crippen LogP contribution in [-0.4, -0.2) is 44.2 Å². The molecular formula is C13H19N3O2. The molecule has 0 amide bonds. The van der Waals surface area contributed by atoms with Gasteiger partial charge in [-0.1, -0.05) is 0 Å². The van der Waals surface area contributed by atoms with Crippen molar-refractivity contribution in [3.63, 3.8) is 0 Å². The van der Waals surface area contributed by atoms with E-state index in [1.807, 2.05) is 7.05 Å². The van der Waals surface area contributed by atoms with Crippen molar-refractivity contribution in [1.82, 2.24) is 10.3 Å². The van der Waals surface area contributed by atoms with Crippen molar-refractivity contribution in [3.05, 3.63) is 23.9 Å². The Hall–Kier alpha value is -1.62. The van der Waals surface area contributed by atoms with Gasteiger partial charge in [0.25, 0.3) is 0 Å². The van der Waals surface area contributed by atoms with Gasteiger partial charge in [0.05, 0.1) is 12.7 Å². The number of nitrogens with one attached hydrogen (secondary N) is 1. The summed E-state index contributed by atoms with van der Waals surface area (Å²) in [5, 5.41) is 3.29. The van der Waals surface area contributed by atoms with Gasteiger partial charge in [0, 0.05) is 25.3 Å². The number of anilines is 1. The van der Waals surface area contributed by atoms with Gasteiger partial charge in [-0.3, -0.25) is 0 Å². The third-order valence-electron chi connectivity index (χ3n) is 3.32. The molecule has 1 aromatic heterocycles. The Bertz CT molecular complexity index is 422. The molecule has 2 heterocycles. The fraction of sp³-hybridized carbons (Fsp3) is 0.538. The second-order valence-electron chi connectivity index (χ2n) is 4.47. The summed E-state index contributed by atoms with van der Waals surface area (Å²) in [6.45, 7) is 1.91. The van der Waals surface area contributed by atoms with Gasteiger partial charge in [-0.15, -0.1) is 0 Å². The number of pyridine rings is 1. The maximum atomic E-state index is 11.5. The molecule has 1 aromatic rings. The predicted molar refractivity (Wildman–Crippen MR) is 69.9 cm³/mol. The molecule has 1 atom stereocenters. The summed E-state index contributed by atoms with van der Waals surface area (Å²) in [6, 6.07) is 3.96. The van der Waals surface area contributed by atoms with Gasteiger partial charge < -0.3 is 15.0 Å². The molecule has 1 unspecified atom stereocenters. The number of carbonyl (C=O) groups excluding carboxylic acids is 1. The van der Waals surface area contributed by atoms with Crippen molar-refractivity contribution in [2.75, 3.05) is 32.1 Å². The summed E-state index contributed by atoms with van der Waals surface area (Å²) in [6.07, 6.45) is 3.98. The van der Waals surface area contributed by atoms with E-state index in [0.29, 0.717) is 11.6 Å². The minimum Gasteiger partial charge on any atom is -0.465 e. The second kappa shape index (κ2) is 5.82. The Morgan fingerprint density at radius 3 is 3.17 bits per heavy atom. The SMILES string of the molecule is CNC1CCCN(c2cc(C(=O)OC)ccn2)C1. The molecule has 0 bridgehead atoms. The van der Waals surface area contributed by atoms with E-state index < -0.39 is 0 Å². The highest BCUT2D eigenvalue weighted by molar-refractivity contribution is 5.90. The molecule has 0 aromatic carbocycles. The summed E-state index contributed by atoms with van der Waals surface area (Å²) >= 11 is 0. The van der Waals surface area contributed by atoms with Crippen LogP contribution in [0.5, 0.6) is 0 Å². The number of esters is 1. The maximum Gasteiger partial charge on any atom is 0.338 e. The molecule has 1 fully saturated rings. The number of hydrogen-bond acceptors (Lipinski definition) is 5. The highest BCUT2D eigenvalue weighted by Gasteiger charge is 2.20. The van der Waals surface area contributed by atoms with Crippen LogP contribution in [0.25, 0.3) is 0 Å². The molecule has 0 saturated carbocycles. The number of rotatable bonds is 3. The van der Waals surface area contributed by atoms with Gasteiger partial charge in [-0.25, -0.2) is 9.78 Å². The van der Waals surface area contributed by atoms with Crippen LogP contribution in [0.1, 0.15) is 23.2 Å². The summed E-state index contributed by atoms with van der Waals surface area (Å²) in [7, 11) is 3.37. The smallest absolute Gasteiger partial charge is 0.338 e. The van der Waals surface area contributed by atoms with Crippen LogP contribution in [0, 0.1) is 0 Å². The van der Waals surface area contributed by atoms with Crippen molar-refractivity contribution >= 4 is 11.8 Å². The summed E-state index contributed by atoms with van der Waals surface area (Å²) in [5.74, 6) is 0.527. The third-order valence-corrected chi connectivity index (χ3v) is 3.32. The predicted octanol–water partition coefficient (Wildman–Crippen LogP) is 1.06. The molecule has 1 saturated heterocycles. The van der Waals surface area contributed by atoms with Crippen molar-refractivity contribution in [1.29, 1.82) is 0 Å². The molecule has 1 N–H and O–H groups in total. The number of likely N-dealkylation sites (N-methyl/N-ethyl adjacent to an activating group) is 1. The topological polar surface area (TPSA) is 54.5 Å². The Kier molecular flexibility index (Phi) is 4.15. The first kappa shape index (κ1) is 12.8. The molecule has 1 aliphatic heterocycles. The zero-order chi connectivity index (χ0) is 13.0. The van der Waals surface area contributed by atoms with Crippen LogP contribution in [0.2, 0.25) is 0 Å². The number of aromatic nitrogens is 1.